The Morgan fingerprint density at radius 2 is 1.05 bits per heavy atom. The van der Waals surface area contributed by atoms with Crippen LogP contribution in [0.2, 0.25) is 0 Å². The van der Waals surface area contributed by atoms with Gasteiger partial charge in [0.05, 0.1) is 10.8 Å². The van der Waals surface area contributed by atoms with Crippen molar-refractivity contribution in [3.8, 4) is 0 Å². The van der Waals surface area contributed by atoms with Gasteiger partial charge < -0.3 is 9.47 Å². The van der Waals surface area contributed by atoms with Crippen molar-refractivity contribution in [1.29, 1.82) is 0 Å². The fourth-order valence-electron chi connectivity index (χ4n) is 4.71. The Bertz CT molecular complexity index is 1700. The van der Waals surface area contributed by atoms with Gasteiger partial charge in [0.25, 0.3) is 0 Å². The van der Waals surface area contributed by atoms with Crippen LogP contribution in [-0.4, -0.2) is 11.9 Å². The summed E-state index contributed by atoms with van der Waals surface area (Å²) in [7, 11) is 0. The van der Waals surface area contributed by atoms with E-state index in [4.69, 9.17) is 9.47 Å². The Balaban J connectivity index is 1.70. The summed E-state index contributed by atoms with van der Waals surface area (Å²) in [5.41, 5.74) is 1.87. The number of fused-ring (bicyclic) bond motifs is 3. The number of thiophene rings is 1. The molecule has 2 unspecified atom stereocenters. The van der Waals surface area contributed by atoms with Crippen molar-refractivity contribution in [2.24, 2.45) is 10.8 Å². The third-order valence-electron chi connectivity index (χ3n) is 7.04. The average Bonchev–Trinajstić information content (AvgIpc) is 3.32. The Hall–Kier alpha value is -3.96. The van der Waals surface area contributed by atoms with Gasteiger partial charge in [-0.15, -0.1) is 11.3 Å². The standard InChI is InChI=1S/C36H36O4S/c1-35(2,3)33(37)39-31(23-14-8-7-9-15-23)26-17-10-11-18-27(26)32(40-34(38)36(4,5)6)24-20-21-30-28(22-24)25-16-12-13-19-29(25)41-30/h7-22,31-32H,1-6H3. The minimum Gasteiger partial charge on any atom is -0.452 e. The molecule has 5 aromatic rings. The van der Waals surface area contributed by atoms with Crippen molar-refractivity contribution in [3.05, 3.63) is 119 Å². The molecule has 4 aromatic carbocycles. The van der Waals surface area contributed by atoms with Crippen LogP contribution in [0, 0.1) is 10.8 Å². The number of hydrogen-bond acceptors (Lipinski definition) is 5. The highest BCUT2D eigenvalue weighted by Gasteiger charge is 2.33. The first-order chi connectivity index (χ1) is 19.4. The highest BCUT2D eigenvalue weighted by Crippen LogP contribution is 2.41. The molecule has 0 aliphatic rings. The molecule has 0 fully saturated rings. The highest BCUT2D eigenvalue weighted by molar-refractivity contribution is 7.25. The Morgan fingerprint density at radius 3 is 1.63 bits per heavy atom. The van der Waals surface area contributed by atoms with Crippen LogP contribution in [0.15, 0.2) is 97.1 Å². The van der Waals surface area contributed by atoms with Crippen molar-refractivity contribution in [3.63, 3.8) is 0 Å². The van der Waals surface area contributed by atoms with E-state index < -0.39 is 23.0 Å². The molecule has 2 atom stereocenters. The number of hydrogen-bond donors (Lipinski definition) is 0. The molecule has 1 aromatic heterocycles. The predicted molar refractivity (Wildman–Crippen MR) is 167 cm³/mol. The van der Waals surface area contributed by atoms with Gasteiger partial charge in [-0.2, -0.15) is 0 Å². The molecule has 0 N–H and O–H groups in total. The average molecular weight is 565 g/mol. The monoisotopic (exact) mass is 564 g/mol. The molecule has 0 spiro atoms. The van der Waals surface area contributed by atoms with E-state index in [0.29, 0.717) is 0 Å². The topological polar surface area (TPSA) is 52.6 Å². The van der Waals surface area contributed by atoms with E-state index in [1.165, 1.54) is 14.8 Å². The van der Waals surface area contributed by atoms with Gasteiger partial charge in [0.15, 0.2) is 12.2 Å². The largest absolute Gasteiger partial charge is 0.452 e. The zero-order chi connectivity index (χ0) is 29.4. The molecule has 5 rings (SSSR count). The predicted octanol–water partition coefficient (Wildman–Crippen LogP) is 9.41. The van der Waals surface area contributed by atoms with Crippen LogP contribution in [0.3, 0.4) is 0 Å². The summed E-state index contributed by atoms with van der Waals surface area (Å²) in [6.45, 7) is 11.1. The van der Waals surface area contributed by atoms with Crippen molar-refractivity contribution < 1.29 is 19.1 Å². The van der Waals surface area contributed by atoms with Gasteiger partial charge in [0.2, 0.25) is 0 Å². The van der Waals surface area contributed by atoms with E-state index in [0.717, 1.165) is 27.6 Å². The van der Waals surface area contributed by atoms with Crippen LogP contribution >= 0.6 is 11.3 Å². The molecule has 210 valence electrons. The zero-order valence-electron chi connectivity index (χ0n) is 24.4. The summed E-state index contributed by atoms with van der Waals surface area (Å²) >= 11 is 1.75. The molecule has 0 aliphatic heterocycles. The summed E-state index contributed by atoms with van der Waals surface area (Å²) in [6, 6.07) is 32.1. The summed E-state index contributed by atoms with van der Waals surface area (Å²) in [4.78, 5) is 26.6. The number of ether oxygens (including phenoxy) is 2. The first-order valence-electron chi connectivity index (χ1n) is 13.9. The summed E-state index contributed by atoms with van der Waals surface area (Å²) in [5, 5.41) is 2.29. The smallest absolute Gasteiger partial charge is 0.312 e. The maximum atomic E-state index is 13.4. The van der Waals surface area contributed by atoms with Crippen LogP contribution in [0.25, 0.3) is 20.2 Å². The van der Waals surface area contributed by atoms with E-state index in [-0.39, 0.29) is 11.9 Å². The van der Waals surface area contributed by atoms with Gasteiger partial charge >= 0.3 is 11.9 Å². The molecule has 41 heavy (non-hydrogen) atoms. The van der Waals surface area contributed by atoms with E-state index >= 15 is 0 Å². The highest BCUT2D eigenvalue weighted by atomic mass is 32.1. The third-order valence-corrected chi connectivity index (χ3v) is 8.19. The zero-order valence-corrected chi connectivity index (χ0v) is 25.3. The first-order valence-corrected chi connectivity index (χ1v) is 14.7. The van der Waals surface area contributed by atoms with Crippen molar-refractivity contribution >= 4 is 43.4 Å². The summed E-state index contributed by atoms with van der Waals surface area (Å²) in [6.07, 6.45) is -1.39. The van der Waals surface area contributed by atoms with Crippen LogP contribution < -0.4 is 0 Å². The second kappa shape index (κ2) is 11.1. The van der Waals surface area contributed by atoms with E-state index in [1.807, 2.05) is 114 Å². The number of rotatable bonds is 6. The van der Waals surface area contributed by atoms with Crippen molar-refractivity contribution in [1.82, 2.24) is 0 Å². The van der Waals surface area contributed by atoms with Crippen molar-refractivity contribution in [2.45, 2.75) is 53.8 Å². The molecule has 0 radical (unpaired) electrons. The van der Waals surface area contributed by atoms with Gasteiger partial charge in [-0.25, -0.2) is 0 Å². The van der Waals surface area contributed by atoms with E-state index in [9.17, 15) is 9.59 Å². The molecule has 0 aliphatic carbocycles. The molecule has 5 heteroatoms. The molecule has 4 nitrogen and oxygen atoms in total. The normalized spacial score (nSPS) is 13.6. The van der Waals surface area contributed by atoms with Crippen LogP contribution in [0.5, 0.6) is 0 Å². The van der Waals surface area contributed by atoms with Gasteiger partial charge in [-0.1, -0.05) is 78.9 Å². The lowest BCUT2D eigenvalue weighted by Crippen LogP contribution is -2.28. The maximum absolute atomic E-state index is 13.4. The fraction of sp³-hybridized carbons (Fsp3) is 0.278. The quantitative estimate of drug-likeness (QED) is 0.193. The van der Waals surface area contributed by atoms with E-state index in [2.05, 4.69) is 24.3 Å². The number of benzene rings is 4. The summed E-state index contributed by atoms with van der Waals surface area (Å²) in [5.74, 6) is -0.619. The Kier molecular flexibility index (Phi) is 7.76. The third kappa shape index (κ3) is 6.06. The molecule has 0 saturated heterocycles. The van der Waals surface area contributed by atoms with Gasteiger partial charge in [-0.3, -0.25) is 9.59 Å². The SMILES string of the molecule is CC(C)(C)C(=O)OC(c1ccccc1)c1ccccc1C(OC(=O)C(C)(C)C)c1ccc2sc3ccccc3c2c1. The van der Waals surface area contributed by atoms with Gasteiger partial charge in [0.1, 0.15) is 0 Å². The maximum Gasteiger partial charge on any atom is 0.312 e. The van der Waals surface area contributed by atoms with Gasteiger partial charge in [-0.05, 0) is 70.9 Å². The Morgan fingerprint density at radius 1 is 0.561 bits per heavy atom. The minimum absolute atomic E-state index is 0.310. The van der Waals surface area contributed by atoms with Crippen molar-refractivity contribution in [2.75, 3.05) is 0 Å². The van der Waals surface area contributed by atoms with Crippen LogP contribution in [0.4, 0.5) is 0 Å². The minimum atomic E-state index is -0.708. The molecule has 1 heterocycles. The van der Waals surface area contributed by atoms with Crippen LogP contribution in [0.1, 0.15) is 76.0 Å². The lowest BCUT2D eigenvalue weighted by Gasteiger charge is -2.29. The number of carbonyl (C=O) groups is 2. The number of carbonyl (C=O) groups excluding carboxylic acids is 2. The molecule has 0 bridgehead atoms. The molecular weight excluding hydrogens is 528 g/mol. The van der Waals surface area contributed by atoms with Gasteiger partial charge in [0, 0.05) is 31.3 Å². The first kappa shape index (κ1) is 28.6. The van der Waals surface area contributed by atoms with E-state index in [1.54, 1.807) is 11.3 Å². The second-order valence-corrected chi connectivity index (χ2v) is 13.5. The molecule has 0 saturated carbocycles. The molecular formula is C36H36O4S. The fourth-order valence-corrected chi connectivity index (χ4v) is 5.80. The van der Waals surface area contributed by atoms with Crippen LogP contribution in [-0.2, 0) is 19.1 Å². The number of esters is 2. The molecule has 0 amide bonds. The lowest BCUT2D eigenvalue weighted by atomic mass is 9.89. The second-order valence-electron chi connectivity index (χ2n) is 12.5. The summed E-state index contributed by atoms with van der Waals surface area (Å²) < 4.78 is 15.0. The lowest BCUT2D eigenvalue weighted by molar-refractivity contribution is -0.159. The Labute approximate surface area is 245 Å².